The maximum absolute atomic E-state index is 12.3. The van der Waals surface area contributed by atoms with Crippen LogP contribution in [0.3, 0.4) is 0 Å². The number of nitrogens with two attached hydrogens (primary N) is 1. The molecule has 4 N–H and O–H groups in total. The van der Waals surface area contributed by atoms with Crippen molar-refractivity contribution < 1.29 is 14.6 Å². The standard InChI is InChI=1S/C21H21N5O3/c1-3-29-16-10-6-13(7-11-16)18-17(19(22)28)12(2)23-21-24-20(25-26(18)21)14-4-8-15(27)9-5-14/h4-11,18,27H,3H2,1-2H3,(H2,22,28)(H,23,24,25). The molecule has 0 radical (unpaired) electrons. The van der Waals surface area contributed by atoms with E-state index in [9.17, 15) is 9.90 Å². The molecule has 0 bridgehead atoms. The summed E-state index contributed by atoms with van der Waals surface area (Å²) >= 11 is 0. The molecule has 2 aromatic carbocycles. The molecule has 1 aromatic heterocycles. The zero-order valence-corrected chi connectivity index (χ0v) is 16.1. The Labute approximate surface area is 167 Å². The summed E-state index contributed by atoms with van der Waals surface area (Å²) in [6.07, 6.45) is 0. The van der Waals surface area contributed by atoms with Crippen molar-refractivity contribution in [2.24, 2.45) is 5.73 Å². The van der Waals surface area contributed by atoms with E-state index in [2.05, 4.69) is 15.4 Å². The number of hydrogen-bond acceptors (Lipinski definition) is 6. The van der Waals surface area contributed by atoms with Gasteiger partial charge in [-0.3, -0.25) is 4.79 Å². The molecule has 0 saturated heterocycles. The van der Waals surface area contributed by atoms with Crippen molar-refractivity contribution in [1.29, 1.82) is 0 Å². The molecule has 8 nitrogen and oxygen atoms in total. The molecular formula is C21H21N5O3. The number of aromatic nitrogens is 3. The highest BCUT2D eigenvalue weighted by Gasteiger charge is 2.33. The Hall–Kier alpha value is -3.81. The molecule has 0 spiro atoms. The van der Waals surface area contributed by atoms with Crippen LogP contribution in [0.5, 0.6) is 11.5 Å². The van der Waals surface area contributed by atoms with Gasteiger partial charge in [-0.15, -0.1) is 5.10 Å². The number of phenolic OH excluding ortho intramolecular Hbond substituents is 1. The smallest absolute Gasteiger partial charge is 0.248 e. The van der Waals surface area contributed by atoms with Crippen molar-refractivity contribution in [1.82, 2.24) is 14.8 Å². The summed E-state index contributed by atoms with van der Waals surface area (Å²) in [5.41, 5.74) is 8.34. The normalized spacial score (nSPS) is 15.6. The van der Waals surface area contributed by atoms with Crippen molar-refractivity contribution >= 4 is 11.9 Å². The summed E-state index contributed by atoms with van der Waals surface area (Å²) in [7, 11) is 0. The lowest BCUT2D eigenvalue weighted by Crippen LogP contribution is -2.31. The van der Waals surface area contributed by atoms with Crippen LogP contribution in [0.4, 0.5) is 5.95 Å². The van der Waals surface area contributed by atoms with E-state index in [1.807, 2.05) is 31.2 Å². The van der Waals surface area contributed by atoms with E-state index in [0.717, 1.165) is 16.9 Å². The maximum Gasteiger partial charge on any atom is 0.248 e. The van der Waals surface area contributed by atoms with Gasteiger partial charge in [-0.05, 0) is 55.8 Å². The number of phenols is 1. The fourth-order valence-electron chi connectivity index (χ4n) is 3.42. The van der Waals surface area contributed by atoms with E-state index in [4.69, 9.17) is 10.5 Å². The van der Waals surface area contributed by atoms with Gasteiger partial charge in [0.05, 0.1) is 12.2 Å². The van der Waals surface area contributed by atoms with Gasteiger partial charge in [-0.25, -0.2) is 4.68 Å². The maximum atomic E-state index is 12.3. The van der Waals surface area contributed by atoms with Crippen LogP contribution >= 0.6 is 0 Å². The van der Waals surface area contributed by atoms with Gasteiger partial charge in [0.2, 0.25) is 11.9 Å². The number of ether oxygens (including phenoxy) is 1. The number of allylic oxidation sites excluding steroid dienone is 1. The largest absolute Gasteiger partial charge is 0.508 e. The summed E-state index contributed by atoms with van der Waals surface area (Å²) in [5, 5.41) is 17.3. The number of primary amides is 1. The second-order valence-electron chi connectivity index (χ2n) is 6.68. The van der Waals surface area contributed by atoms with Crippen molar-refractivity contribution in [3.63, 3.8) is 0 Å². The van der Waals surface area contributed by atoms with Crippen molar-refractivity contribution in [3.05, 3.63) is 65.4 Å². The summed E-state index contributed by atoms with van der Waals surface area (Å²) < 4.78 is 7.17. The van der Waals surface area contributed by atoms with E-state index >= 15 is 0 Å². The van der Waals surface area contributed by atoms with Crippen LogP contribution in [0.15, 0.2) is 59.8 Å². The van der Waals surface area contributed by atoms with Gasteiger partial charge in [0.1, 0.15) is 17.5 Å². The monoisotopic (exact) mass is 391 g/mol. The first-order chi connectivity index (χ1) is 14.0. The van der Waals surface area contributed by atoms with Crippen LogP contribution in [0.1, 0.15) is 25.5 Å². The number of nitrogens with one attached hydrogen (secondary N) is 1. The quantitative estimate of drug-likeness (QED) is 0.616. The Morgan fingerprint density at radius 3 is 2.52 bits per heavy atom. The average molecular weight is 391 g/mol. The fraction of sp³-hybridized carbons (Fsp3) is 0.190. The molecule has 1 aliphatic heterocycles. The van der Waals surface area contributed by atoms with Crippen molar-refractivity contribution in [2.45, 2.75) is 19.9 Å². The summed E-state index contributed by atoms with van der Waals surface area (Å²) in [6, 6.07) is 13.6. The van der Waals surface area contributed by atoms with E-state index < -0.39 is 11.9 Å². The number of rotatable bonds is 5. The molecule has 29 heavy (non-hydrogen) atoms. The third kappa shape index (κ3) is 3.40. The Morgan fingerprint density at radius 2 is 1.90 bits per heavy atom. The van der Waals surface area contributed by atoms with Gasteiger partial charge in [-0.2, -0.15) is 4.98 Å². The Kier molecular flexibility index (Phi) is 4.67. The molecule has 0 saturated carbocycles. The lowest BCUT2D eigenvalue weighted by molar-refractivity contribution is -0.115. The van der Waals surface area contributed by atoms with Crippen LogP contribution < -0.4 is 15.8 Å². The van der Waals surface area contributed by atoms with Crippen LogP contribution in [-0.4, -0.2) is 32.4 Å². The number of anilines is 1. The highest BCUT2D eigenvalue weighted by atomic mass is 16.5. The van der Waals surface area contributed by atoms with Crippen LogP contribution in [-0.2, 0) is 4.79 Å². The van der Waals surface area contributed by atoms with Crippen LogP contribution in [0.25, 0.3) is 11.4 Å². The third-order valence-electron chi connectivity index (χ3n) is 4.75. The first-order valence-electron chi connectivity index (χ1n) is 9.24. The highest BCUT2D eigenvalue weighted by molar-refractivity contribution is 5.95. The molecule has 1 atom stereocenters. The molecule has 0 fully saturated rings. The molecule has 1 unspecified atom stereocenters. The number of aromatic hydroxyl groups is 1. The topological polar surface area (TPSA) is 115 Å². The molecule has 3 aromatic rings. The van der Waals surface area contributed by atoms with Gasteiger partial charge < -0.3 is 20.9 Å². The Balaban J connectivity index is 1.81. The molecule has 1 aliphatic rings. The third-order valence-corrected chi connectivity index (χ3v) is 4.75. The molecule has 2 heterocycles. The first-order valence-corrected chi connectivity index (χ1v) is 9.24. The van der Waals surface area contributed by atoms with E-state index in [1.165, 1.54) is 0 Å². The first kappa shape index (κ1) is 18.5. The second-order valence-corrected chi connectivity index (χ2v) is 6.68. The van der Waals surface area contributed by atoms with Crippen LogP contribution in [0.2, 0.25) is 0 Å². The Bertz CT molecular complexity index is 1080. The van der Waals surface area contributed by atoms with E-state index in [-0.39, 0.29) is 5.75 Å². The minimum atomic E-state index is -0.527. The number of carbonyl (C=O) groups excluding carboxylic acids is 1. The number of fused-ring (bicyclic) bond motifs is 1. The molecule has 148 valence electrons. The molecule has 1 amide bonds. The molecule has 0 aliphatic carbocycles. The van der Waals surface area contributed by atoms with Crippen molar-refractivity contribution in [2.75, 3.05) is 11.9 Å². The van der Waals surface area contributed by atoms with E-state index in [1.54, 1.807) is 35.9 Å². The minimum Gasteiger partial charge on any atom is -0.508 e. The molecule has 8 heteroatoms. The number of nitrogens with zero attached hydrogens (tertiary/aromatic N) is 3. The summed E-state index contributed by atoms with van der Waals surface area (Å²) in [5.74, 6) is 1.37. The molecular weight excluding hydrogens is 370 g/mol. The zero-order chi connectivity index (χ0) is 20.5. The number of carbonyl (C=O) groups is 1. The fourth-order valence-corrected chi connectivity index (χ4v) is 3.42. The van der Waals surface area contributed by atoms with Gasteiger partial charge in [0, 0.05) is 11.3 Å². The second kappa shape index (κ2) is 7.31. The van der Waals surface area contributed by atoms with Crippen LogP contribution in [0, 0.1) is 0 Å². The lowest BCUT2D eigenvalue weighted by Gasteiger charge is -2.27. The number of amides is 1. The van der Waals surface area contributed by atoms with Gasteiger partial charge in [0.15, 0.2) is 5.82 Å². The lowest BCUT2D eigenvalue weighted by atomic mass is 9.95. The Morgan fingerprint density at radius 1 is 1.21 bits per heavy atom. The van der Waals surface area contributed by atoms with Gasteiger partial charge >= 0.3 is 0 Å². The highest BCUT2D eigenvalue weighted by Crippen LogP contribution is 2.36. The van der Waals surface area contributed by atoms with Crippen molar-refractivity contribution in [3.8, 4) is 22.9 Å². The SMILES string of the molecule is CCOc1ccc(C2C(C(N)=O)=C(C)Nc3nc(-c4ccc(O)cc4)nn32)cc1. The summed E-state index contributed by atoms with van der Waals surface area (Å²) in [6.45, 7) is 4.28. The minimum absolute atomic E-state index is 0.164. The van der Waals surface area contributed by atoms with Gasteiger partial charge in [-0.1, -0.05) is 12.1 Å². The van der Waals surface area contributed by atoms with E-state index in [0.29, 0.717) is 29.6 Å². The van der Waals surface area contributed by atoms with Gasteiger partial charge in [0.25, 0.3) is 0 Å². The zero-order valence-electron chi connectivity index (χ0n) is 16.1. The molecule has 4 rings (SSSR count). The summed E-state index contributed by atoms with van der Waals surface area (Å²) in [4.78, 5) is 16.8. The number of hydrogen-bond donors (Lipinski definition) is 3. The number of benzene rings is 2. The predicted molar refractivity (Wildman–Crippen MR) is 108 cm³/mol. The predicted octanol–water partition coefficient (Wildman–Crippen LogP) is 2.82. The average Bonchev–Trinajstić information content (AvgIpc) is 3.11.